The summed E-state index contributed by atoms with van der Waals surface area (Å²) >= 11 is 0. The quantitative estimate of drug-likeness (QED) is 0.434. The molecule has 0 radical (unpaired) electrons. The topological polar surface area (TPSA) is 104 Å². The lowest BCUT2D eigenvalue weighted by molar-refractivity contribution is -0.126. The van der Waals surface area contributed by atoms with Crippen LogP contribution in [0.4, 0.5) is 15.8 Å². The number of carbonyl (C=O) groups excluding carboxylic acids is 2. The van der Waals surface area contributed by atoms with Gasteiger partial charge >= 0.3 is 0 Å². The molecule has 0 bridgehead atoms. The molecular formula is C23H20FN5O3. The monoisotopic (exact) mass is 433 g/mol. The molecule has 3 aliphatic heterocycles. The van der Waals surface area contributed by atoms with Gasteiger partial charge in [-0.2, -0.15) is 0 Å². The number of halogens is 1. The van der Waals surface area contributed by atoms with Crippen LogP contribution in [0.1, 0.15) is 11.1 Å². The van der Waals surface area contributed by atoms with Gasteiger partial charge in [-0.25, -0.2) is 4.39 Å². The first kappa shape index (κ1) is 19.0. The molecule has 1 unspecified atom stereocenters. The maximum Gasteiger partial charge on any atom is 0.261 e. The van der Waals surface area contributed by atoms with Crippen molar-refractivity contribution in [3.05, 3.63) is 65.1 Å². The summed E-state index contributed by atoms with van der Waals surface area (Å²) in [5.74, 6) is -0.0172. The van der Waals surface area contributed by atoms with Crippen molar-refractivity contribution in [1.29, 1.82) is 0 Å². The van der Waals surface area contributed by atoms with Crippen molar-refractivity contribution in [1.82, 2.24) is 10.6 Å². The molecule has 0 aromatic heterocycles. The molecule has 9 heteroatoms. The molecule has 2 aromatic rings. The van der Waals surface area contributed by atoms with Crippen molar-refractivity contribution in [2.75, 3.05) is 30.3 Å². The Morgan fingerprint density at radius 2 is 1.88 bits per heavy atom. The van der Waals surface area contributed by atoms with E-state index in [0.29, 0.717) is 34.5 Å². The molecule has 2 fully saturated rings. The van der Waals surface area contributed by atoms with Crippen LogP contribution < -0.4 is 21.3 Å². The van der Waals surface area contributed by atoms with Crippen molar-refractivity contribution in [2.45, 2.75) is 6.04 Å². The zero-order valence-corrected chi connectivity index (χ0v) is 16.9. The van der Waals surface area contributed by atoms with Crippen LogP contribution in [-0.2, 0) is 14.4 Å². The van der Waals surface area contributed by atoms with E-state index >= 15 is 0 Å². The van der Waals surface area contributed by atoms with Crippen molar-refractivity contribution < 1.29 is 18.8 Å². The summed E-state index contributed by atoms with van der Waals surface area (Å²) in [6, 6.07) is 11.7. The zero-order valence-electron chi connectivity index (χ0n) is 16.9. The molecule has 2 aromatic carbocycles. The predicted molar refractivity (Wildman–Crippen MR) is 116 cm³/mol. The lowest BCUT2D eigenvalue weighted by Crippen LogP contribution is -2.34. The van der Waals surface area contributed by atoms with Crippen LogP contribution in [0.3, 0.4) is 0 Å². The van der Waals surface area contributed by atoms with E-state index in [0.717, 1.165) is 24.3 Å². The van der Waals surface area contributed by atoms with Crippen LogP contribution in [0.5, 0.6) is 0 Å². The first-order valence-corrected chi connectivity index (χ1v) is 10.5. The number of fused-ring (bicyclic) bond motifs is 3. The lowest BCUT2D eigenvalue weighted by atomic mass is 10.0. The highest BCUT2D eigenvalue weighted by molar-refractivity contribution is 6.39. The highest BCUT2D eigenvalue weighted by atomic mass is 19.1. The normalized spacial score (nSPS) is 28.0. The number of piperidine rings is 1. The summed E-state index contributed by atoms with van der Waals surface area (Å²) in [4.78, 5) is 30.4. The van der Waals surface area contributed by atoms with E-state index < -0.39 is 5.82 Å². The average molecular weight is 433 g/mol. The minimum Gasteiger partial charge on any atom is -0.385 e. The number of benzene rings is 2. The Kier molecular flexibility index (Phi) is 4.25. The van der Waals surface area contributed by atoms with Gasteiger partial charge in [0.1, 0.15) is 11.5 Å². The molecule has 3 atom stereocenters. The molecule has 0 spiro atoms. The summed E-state index contributed by atoms with van der Waals surface area (Å²) in [7, 11) is 0. The van der Waals surface area contributed by atoms with Gasteiger partial charge in [0.25, 0.3) is 11.8 Å². The molecule has 1 aliphatic carbocycles. The third-order valence-corrected chi connectivity index (χ3v) is 6.43. The number of nitrogens with one attached hydrogen (secondary N) is 4. The fourth-order valence-electron chi connectivity index (χ4n) is 4.81. The second kappa shape index (κ2) is 7.16. The minimum absolute atomic E-state index is 0.208. The number of amides is 2. The Bertz CT molecular complexity index is 1210. The fraction of sp³-hybridized carbons (Fsp3) is 0.261. The third-order valence-electron chi connectivity index (χ3n) is 6.43. The van der Waals surface area contributed by atoms with Gasteiger partial charge in [0.15, 0.2) is 6.61 Å². The van der Waals surface area contributed by atoms with E-state index in [-0.39, 0.29) is 30.0 Å². The Labute approximate surface area is 182 Å². The molecule has 6 rings (SSSR count). The summed E-state index contributed by atoms with van der Waals surface area (Å²) in [5, 5.41) is 16.4. The number of oxime groups is 1. The van der Waals surface area contributed by atoms with Crippen molar-refractivity contribution in [2.24, 2.45) is 17.0 Å². The maximum absolute atomic E-state index is 13.9. The third kappa shape index (κ3) is 3.04. The molecule has 3 heterocycles. The molecule has 32 heavy (non-hydrogen) atoms. The Hall–Kier alpha value is -3.72. The fourth-order valence-corrected chi connectivity index (χ4v) is 4.81. The van der Waals surface area contributed by atoms with Gasteiger partial charge in [0, 0.05) is 41.6 Å². The number of nitrogens with zero attached hydrogens (tertiary/aromatic N) is 1. The SMILES string of the molecule is O=C(CO/N=C1/C(=C2/C(=O)Nc3ccc(F)cc32)Nc2ccccc21)NC1[C@H]2CNC[C@@H]12. The second-order valence-corrected chi connectivity index (χ2v) is 8.36. The Balaban J connectivity index is 1.28. The van der Waals surface area contributed by atoms with E-state index in [4.69, 9.17) is 4.84 Å². The van der Waals surface area contributed by atoms with E-state index in [1.165, 1.54) is 18.2 Å². The molecule has 1 saturated heterocycles. The van der Waals surface area contributed by atoms with Gasteiger partial charge in [-0.1, -0.05) is 23.4 Å². The molecule has 4 N–H and O–H groups in total. The standard InChI is InChI=1S/C23H20FN5O3/c24-11-5-6-17-13(7-11)19(23(31)27-17)22-21(12-3-1-2-4-16(12)26-22)29-32-10-18(30)28-20-14-8-25-9-15(14)20/h1-7,14-15,20,25-26H,8-10H2,(H,27,31)(H,28,30)/b22-19-,29-21+/t14-,15+,20?. The van der Waals surface area contributed by atoms with E-state index in [9.17, 15) is 14.0 Å². The van der Waals surface area contributed by atoms with Crippen molar-refractivity contribution >= 4 is 34.5 Å². The van der Waals surface area contributed by atoms with Crippen LogP contribution in [0.15, 0.2) is 53.3 Å². The van der Waals surface area contributed by atoms with Gasteiger partial charge < -0.3 is 26.1 Å². The lowest BCUT2D eigenvalue weighted by Gasteiger charge is -2.08. The van der Waals surface area contributed by atoms with E-state index in [1.54, 1.807) is 0 Å². The van der Waals surface area contributed by atoms with Crippen molar-refractivity contribution in [3.63, 3.8) is 0 Å². The summed E-state index contributed by atoms with van der Waals surface area (Å²) < 4.78 is 13.9. The zero-order chi connectivity index (χ0) is 21.8. The van der Waals surface area contributed by atoms with Crippen LogP contribution >= 0.6 is 0 Å². The minimum atomic E-state index is -0.444. The summed E-state index contributed by atoms with van der Waals surface area (Å²) in [6.45, 7) is 1.64. The van der Waals surface area contributed by atoms with E-state index in [1.807, 2.05) is 24.3 Å². The predicted octanol–water partition coefficient (Wildman–Crippen LogP) is 1.67. The molecule has 1 saturated carbocycles. The number of hydrogen-bond acceptors (Lipinski definition) is 6. The molecular weight excluding hydrogens is 413 g/mol. The molecule has 2 amide bonds. The first-order valence-electron chi connectivity index (χ1n) is 10.5. The molecule has 4 aliphatic rings. The Morgan fingerprint density at radius 3 is 2.72 bits per heavy atom. The second-order valence-electron chi connectivity index (χ2n) is 8.36. The number of anilines is 2. The maximum atomic E-state index is 13.9. The van der Waals surface area contributed by atoms with Crippen LogP contribution in [0.2, 0.25) is 0 Å². The highest BCUT2D eigenvalue weighted by Crippen LogP contribution is 2.41. The number of rotatable bonds is 4. The van der Waals surface area contributed by atoms with Gasteiger partial charge in [-0.3, -0.25) is 9.59 Å². The van der Waals surface area contributed by atoms with Gasteiger partial charge in [0.05, 0.1) is 11.3 Å². The first-order chi connectivity index (χ1) is 15.6. The number of carbonyl (C=O) groups is 2. The number of para-hydroxylation sites is 1. The number of allylic oxidation sites excluding steroid dienone is 1. The molecule has 162 valence electrons. The van der Waals surface area contributed by atoms with Gasteiger partial charge in [-0.05, 0) is 36.1 Å². The van der Waals surface area contributed by atoms with E-state index in [2.05, 4.69) is 26.4 Å². The highest BCUT2D eigenvalue weighted by Gasteiger charge is 2.53. The van der Waals surface area contributed by atoms with Gasteiger partial charge in [-0.15, -0.1) is 0 Å². The smallest absolute Gasteiger partial charge is 0.261 e. The van der Waals surface area contributed by atoms with Crippen LogP contribution in [-0.4, -0.2) is 43.3 Å². The average Bonchev–Trinajstić information content (AvgIpc) is 3.14. The Morgan fingerprint density at radius 1 is 1.09 bits per heavy atom. The van der Waals surface area contributed by atoms with Crippen LogP contribution in [0, 0.1) is 17.7 Å². The van der Waals surface area contributed by atoms with Gasteiger partial charge in [0.2, 0.25) is 0 Å². The van der Waals surface area contributed by atoms with Crippen molar-refractivity contribution in [3.8, 4) is 0 Å². The molecule has 8 nitrogen and oxygen atoms in total. The van der Waals surface area contributed by atoms with Crippen LogP contribution in [0.25, 0.3) is 5.57 Å². The number of hydrogen-bond donors (Lipinski definition) is 4. The largest absolute Gasteiger partial charge is 0.385 e. The summed E-state index contributed by atoms with van der Waals surface area (Å²) in [6.07, 6.45) is 0. The summed E-state index contributed by atoms with van der Waals surface area (Å²) in [5.41, 5.74) is 3.54.